The van der Waals surface area contributed by atoms with Gasteiger partial charge >= 0.3 is 0 Å². The van der Waals surface area contributed by atoms with Crippen molar-refractivity contribution in [1.29, 1.82) is 0 Å². The van der Waals surface area contributed by atoms with Crippen LogP contribution in [0, 0.1) is 6.92 Å². The zero-order valence-electron chi connectivity index (χ0n) is 6.76. The Morgan fingerprint density at radius 3 is 2.91 bits per heavy atom. The molecule has 0 aromatic carbocycles. The molecule has 1 aromatic heterocycles. The highest BCUT2D eigenvalue weighted by Crippen LogP contribution is 2.13. The molecule has 1 rings (SSSR count). The second kappa shape index (κ2) is 3.34. The third kappa shape index (κ3) is 1.91. The molecule has 0 amide bonds. The highest BCUT2D eigenvalue weighted by Gasteiger charge is 1.99. The van der Waals surface area contributed by atoms with Gasteiger partial charge in [0.15, 0.2) is 0 Å². The summed E-state index contributed by atoms with van der Waals surface area (Å²) in [5.74, 6) is 0.255. The maximum atomic E-state index is 9.26. The Labute approximate surface area is 66.1 Å². The van der Waals surface area contributed by atoms with Crippen molar-refractivity contribution >= 4 is 0 Å². The Morgan fingerprint density at radius 1 is 1.55 bits per heavy atom. The highest BCUT2D eigenvalue weighted by molar-refractivity contribution is 5.27. The van der Waals surface area contributed by atoms with Gasteiger partial charge in [-0.15, -0.1) is 0 Å². The molecule has 2 N–H and O–H groups in total. The van der Waals surface area contributed by atoms with Crippen molar-refractivity contribution in [2.24, 2.45) is 0 Å². The lowest BCUT2D eigenvalue weighted by Crippen LogP contribution is -2.07. The van der Waals surface area contributed by atoms with Crippen LogP contribution in [0.4, 0.5) is 0 Å². The van der Waals surface area contributed by atoms with Gasteiger partial charge in [-0.25, -0.2) is 0 Å². The van der Waals surface area contributed by atoms with Crippen LogP contribution >= 0.6 is 0 Å². The van der Waals surface area contributed by atoms with Gasteiger partial charge in [-0.3, -0.25) is 4.98 Å². The molecule has 0 saturated heterocycles. The van der Waals surface area contributed by atoms with E-state index in [0.29, 0.717) is 12.2 Å². The molecular weight excluding hydrogens is 140 g/mol. The molecular formula is C8H12N2O. The first kappa shape index (κ1) is 8.01. The largest absolute Gasteiger partial charge is 0.506 e. The van der Waals surface area contributed by atoms with Crippen molar-refractivity contribution in [2.45, 2.75) is 13.5 Å². The Morgan fingerprint density at radius 2 is 2.27 bits per heavy atom. The second-order valence-corrected chi connectivity index (χ2v) is 2.45. The summed E-state index contributed by atoms with van der Waals surface area (Å²) < 4.78 is 0. The molecule has 0 aliphatic carbocycles. The highest BCUT2D eigenvalue weighted by atomic mass is 16.3. The molecule has 0 fully saturated rings. The van der Waals surface area contributed by atoms with E-state index >= 15 is 0 Å². The third-order valence-corrected chi connectivity index (χ3v) is 1.43. The van der Waals surface area contributed by atoms with Crippen LogP contribution in [0.25, 0.3) is 0 Å². The number of pyridine rings is 1. The van der Waals surface area contributed by atoms with Gasteiger partial charge < -0.3 is 10.4 Å². The van der Waals surface area contributed by atoms with Crippen molar-refractivity contribution in [3.8, 4) is 5.75 Å². The molecule has 0 aliphatic heterocycles. The van der Waals surface area contributed by atoms with Gasteiger partial charge in [0.05, 0.1) is 5.69 Å². The summed E-state index contributed by atoms with van der Waals surface area (Å²) in [7, 11) is 1.82. The van der Waals surface area contributed by atoms with Gasteiger partial charge in [-0.1, -0.05) is 0 Å². The summed E-state index contributed by atoms with van der Waals surface area (Å²) in [6.45, 7) is 2.51. The Balaban J connectivity index is 2.93. The molecule has 0 atom stereocenters. The number of hydrogen-bond donors (Lipinski definition) is 2. The average molecular weight is 152 g/mol. The first-order valence-corrected chi connectivity index (χ1v) is 3.54. The van der Waals surface area contributed by atoms with E-state index in [-0.39, 0.29) is 5.75 Å². The fraction of sp³-hybridized carbons (Fsp3) is 0.375. The summed E-state index contributed by atoms with van der Waals surface area (Å²) >= 11 is 0. The molecule has 60 valence electrons. The van der Waals surface area contributed by atoms with Gasteiger partial charge in [-0.2, -0.15) is 0 Å². The van der Waals surface area contributed by atoms with Crippen LogP contribution in [0.15, 0.2) is 12.1 Å². The molecule has 3 nitrogen and oxygen atoms in total. The second-order valence-electron chi connectivity index (χ2n) is 2.45. The lowest BCUT2D eigenvalue weighted by Gasteiger charge is -2.02. The zero-order valence-corrected chi connectivity index (χ0v) is 6.76. The van der Waals surface area contributed by atoms with Crippen molar-refractivity contribution in [3.63, 3.8) is 0 Å². The number of rotatable bonds is 2. The summed E-state index contributed by atoms with van der Waals surface area (Å²) in [6.07, 6.45) is 0. The number of aromatic nitrogens is 1. The Hall–Kier alpha value is -1.09. The van der Waals surface area contributed by atoms with Crippen LogP contribution in [0.2, 0.25) is 0 Å². The lowest BCUT2D eigenvalue weighted by molar-refractivity contribution is 0.461. The SMILES string of the molecule is CNCc1nc(C)ccc1O. The van der Waals surface area contributed by atoms with Crippen molar-refractivity contribution in [2.75, 3.05) is 7.05 Å². The molecule has 0 radical (unpaired) electrons. The van der Waals surface area contributed by atoms with Gasteiger partial charge in [0, 0.05) is 12.2 Å². The van der Waals surface area contributed by atoms with Crippen LogP contribution in [-0.4, -0.2) is 17.1 Å². The average Bonchev–Trinajstić information content (AvgIpc) is 1.98. The summed E-state index contributed by atoms with van der Waals surface area (Å²) in [5, 5.41) is 12.2. The van der Waals surface area contributed by atoms with E-state index in [9.17, 15) is 5.11 Å². The summed E-state index contributed by atoms with van der Waals surface area (Å²) in [4.78, 5) is 4.15. The first-order chi connectivity index (χ1) is 5.24. The predicted octanol–water partition coefficient (Wildman–Crippen LogP) is 0.815. The minimum absolute atomic E-state index is 0.255. The van der Waals surface area contributed by atoms with E-state index in [1.807, 2.05) is 14.0 Å². The quantitative estimate of drug-likeness (QED) is 0.659. The third-order valence-electron chi connectivity index (χ3n) is 1.43. The van der Waals surface area contributed by atoms with Gasteiger partial charge in [0.25, 0.3) is 0 Å². The van der Waals surface area contributed by atoms with E-state index in [1.165, 1.54) is 0 Å². The van der Waals surface area contributed by atoms with E-state index in [2.05, 4.69) is 10.3 Å². The maximum absolute atomic E-state index is 9.26. The fourth-order valence-corrected chi connectivity index (χ4v) is 0.901. The minimum atomic E-state index is 0.255. The van der Waals surface area contributed by atoms with Gasteiger partial charge in [-0.05, 0) is 26.1 Å². The number of nitrogens with one attached hydrogen (secondary N) is 1. The molecule has 0 unspecified atom stereocenters. The topological polar surface area (TPSA) is 45.2 Å². The molecule has 11 heavy (non-hydrogen) atoms. The standard InChI is InChI=1S/C8H12N2O/c1-6-3-4-8(11)7(10-6)5-9-2/h3-4,9,11H,5H2,1-2H3. The van der Waals surface area contributed by atoms with E-state index in [4.69, 9.17) is 0 Å². The first-order valence-electron chi connectivity index (χ1n) is 3.54. The van der Waals surface area contributed by atoms with E-state index in [0.717, 1.165) is 5.69 Å². The molecule has 0 aliphatic rings. The zero-order chi connectivity index (χ0) is 8.27. The smallest absolute Gasteiger partial charge is 0.138 e. The lowest BCUT2D eigenvalue weighted by atomic mass is 10.3. The van der Waals surface area contributed by atoms with Crippen LogP contribution in [-0.2, 0) is 6.54 Å². The van der Waals surface area contributed by atoms with Crippen LogP contribution in [0.3, 0.4) is 0 Å². The molecule has 0 spiro atoms. The molecule has 1 aromatic rings. The fourth-order valence-electron chi connectivity index (χ4n) is 0.901. The predicted molar refractivity (Wildman–Crippen MR) is 43.4 cm³/mol. The van der Waals surface area contributed by atoms with Crippen molar-refractivity contribution in [1.82, 2.24) is 10.3 Å². The molecule has 0 saturated carbocycles. The van der Waals surface area contributed by atoms with Crippen molar-refractivity contribution < 1.29 is 5.11 Å². The van der Waals surface area contributed by atoms with Crippen LogP contribution in [0.1, 0.15) is 11.4 Å². The molecule has 0 bridgehead atoms. The van der Waals surface area contributed by atoms with E-state index in [1.54, 1.807) is 12.1 Å². The Kier molecular flexibility index (Phi) is 2.44. The number of hydrogen-bond acceptors (Lipinski definition) is 3. The molecule has 1 heterocycles. The number of nitrogens with zero attached hydrogens (tertiary/aromatic N) is 1. The normalized spacial score (nSPS) is 10.0. The summed E-state index contributed by atoms with van der Waals surface area (Å²) in [5.41, 5.74) is 1.63. The number of aromatic hydroxyl groups is 1. The van der Waals surface area contributed by atoms with Gasteiger partial charge in [0.1, 0.15) is 5.75 Å². The Bertz CT molecular complexity index is 248. The monoisotopic (exact) mass is 152 g/mol. The van der Waals surface area contributed by atoms with Gasteiger partial charge in [0.2, 0.25) is 0 Å². The van der Waals surface area contributed by atoms with Crippen LogP contribution in [0.5, 0.6) is 5.75 Å². The maximum Gasteiger partial charge on any atom is 0.138 e. The van der Waals surface area contributed by atoms with Crippen molar-refractivity contribution in [3.05, 3.63) is 23.5 Å². The summed E-state index contributed by atoms with van der Waals surface area (Å²) in [6, 6.07) is 3.45. The minimum Gasteiger partial charge on any atom is -0.506 e. The number of aryl methyl sites for hydroxylation is 1. The molecule has 3 heteroatoms. The van der Waals surface area contributed by atoms with E-state index < -0.39 is 0 Å². The van der Waals surface area contributed by atoms with Crippen LogP contribution < -0.4 is 5.32 Å².